The molecule has 1 saturated heterocycles. The maximum absolute atomic E-state index is 12.4. The number of nitrogens with two attached hydrogens (primary N) is 1. The van der Waals surface area contributed by atoms with E-state index in [0.717, 1.165) is 6.42 Å². The summed E-state index contributed by atoms with van der Waals surface area (Å²) in [4.78, 5) is 14.2. The second-order valence-electron chi connectivity index (χ2n) is 6.40. The molecule has 0 aromatic heterocycles. The molecule has 0 radical (unpaired) electrons. The minimum Gasteiger partial charge on any atom is -0.435 e. The topological polar surface area (TPSA) is 55.6 Å². The Labute approximate surface area is 141 Å². The molecule has 0 saturated carbocycles. The molecule has 1 aromatic rings. The standard InChI is InChI=1S/C16H22F2N2O2.ClH/c1-16(2)10-20(7-6-13(16)19)14(21)9-11-4-3-5-12(8-11)22-15(17)18;/h3-5,8,13,15H,6-7,9-10,19H2,1-2H3;1H. The highest BCUT2D eigenvalue weighted by Crippen LogP contribution is 2.28. The zero-order valence-electron chi connectivity index (χ0n) is 13.3. The molecule has 1 fully saturated rings. The van der Waals surface area contributed by atoms with Crippen LogP contribution in [0.3, 0.4) is 0 Å². The number of halogens is 3. The molecule has 2 rings (SSSR count). The average Bonchev–Trinajstić information content (AvgIpc) is 2.41. The van der Waals surface area contributed by atoms with Gasteiger partial charge in [0.25, 0.3) is 0 Å². The number of likely N-dealkylation sites (tertiary alicyclic amines) is 1. The largest absolute Gasteiger partial charge is 0.435 e. The van der Waals surface area contributed by atoms with Gasteiger partial charge < -0.3 is 15.4 Å². The van der Waals surface area contributed by atoms with E-state index in [1.165, 1.54) is 12.1 Å². The molecule has 1 aliphatic rings. The fourth-order valence-corrected chi connectivity index (χ4v) is 2.70. The number of hydrogen-bond donors (Lipinski definition) is 1. The molecule has 130 valence electrons. The van der Waals surface area contributed by atoms with Crippen molar-refractivity contribution in [3.05, 3.63) is 29.8 Å². The van der Waals surface area contributed by atoms with Crippen LogP contribution in [-0.2, 0) is 11.2 Å². The van der Waals surface area contributed by atoms with Gasteiger partial charge in [-0.25, -0.2) is 0 Å². The molecule has 7 heteroatoms. The van der Waals surface area contributed by atoms with Crippen molar-refractivity contribution in [2.45, 2.75) is 39.3 Å². The van der Waals surface area contributed by atoms with Crippen LogP contribution < -0.4 is 10.5 Å². The molecule has 1 unspecified atom stereocenters. The van der Waals surface area contributed by atoms with Gasteiger partial charge in [-0.2, -0.15) is 8.78 Å². The molecule has 1 aromatic carbocycles. The lowest BCUT2D eigenvalue weighted by Gasteiger charge is -2.42. The third-order valence-electron chi connectivity index (χ3n) is 4.14. The molecule has 1 aliphatic heterocycles. The van der Waals surface area contributed by atoms with Crippen molar-refractivity contribution in [3.8, 4) is 5.75 Å². The zero-order chi connectivity index (χ0) is 16.3. The summed E-state index contributed by atoms with van der Waals surface area (Å²) < 4.78 is 28.8. The molecule has 0 bridgehead atoms. The van der Waals surface area contributed by atoms with Gasteiger partial charge in [-0.1, -0.05) is 26.0 Å². The Bertz CT molecular complexity index is 541. The van der Waals surface area contributed by atoms with Crippen LogP contribution in [0.5, 0.6) is 5.75 Å². The number of hydrogen-bond acceptors (Lipinski definition) is 3. The van der Waals surface area contributed by atoms with Crippen molar-refractivity contribution in [1.29, 1.82) is 0 Å². The van der Waals surface area contributed by atoms with E-state index >= 15 is 0 Å². The second-order valence-corrected chi connectivity index (χ2v) is 6.40. The lowest BCUT2D eigenvalue weighted by Crippen LogP contribution is -2.54. The smallest absolute Gasteiger partial charge is 0.387 e. The fraction of sp³-hybridized carbons (Fsp3) is 0.562. The molecule has 1 amide bonds. The number of ether oxygens (including phenoxy) is 1. The van der Waals surface area contributed by atoms with Gasteiger partial charge in [0.15, 0.2) is 0 Å². The van der Waals surface area contributed by atoms with Gasteiger partial charge in [0.2, 0.25) is 5.91 Å². The normalized spacial score (nSPS) is 20.1. The first-order valence-electron chi connectivity index (χ1n) is 7.35. The van der Waals surface area contributed by atoms with E-state index in [1.807, 2.05) is 13.8 Å². The minimum absolute atomic E-state index is 0. The summed E-state index contributed by atoms with van der Waals surface area (Å²) in [5.74, 6) is 0.0514. The summed E-state index contributed by atoms with van der Waals surface area (Å²) in [5.41, 5.74) is 6.61. The number of carbonyl (C=O) groups is 1. The summed E-state index contributed by atoms with van der Waals surface area (Å²) in [6.45, 7) is 2.48. The van der Waals surface area contributed by atoms with Crippen LogP contribution in [0.2, 0.25) is 0 Å². The van der Waals surface area contributed by atoms with Crippen molar-refractivity contribution in [3.63, 3.8) is 0 Å². The molecular weight excluding hydrogens is 326 g/mol. The zero-order valence-corrected chi connectivity index (χ0v) is 14.1. The van der Waals surface area contributed by atoms with Gasteiger partial charge in [-0.15, -0.1) is 12.4 Å². The predicted molar refractivity (Wildman–Crippen MR) is 87.0 cm³/mol. The minimum atomic E-state index is -2.87. The summed E-state index contributed by atoms with van der Waals surface area (Å²) in [5, 5.41) is 0. The van der Waals surface area contributed by atoms with Crippen molar-refractivity contribution < 1.29 is 18.3 Å². The quantitative estimate of drug-likeness (QED) is 0.910. The number of piperidine rings is 1. The highest BCUT2D eigenvalue weighted by molar-refractivity contribution is 5.85. The summed E-state index contributed by atoms with van der Waals surface area (Å²) in [6, 6.07) is 6.35. The lowest BCUT2D eigenvalue weighted by atomic mass is 9.79. The van der Waals surface area contributed by atoms with Crippen LogP contribution in [0.4, 0.5) is 8.78 Å². The Morgan fingerprint density at radius 1 is 1.48 bits per heavy atom. The molecule has 2 N–H and O–H groups in total. The Morgan fingerprint density at radius 2 is 2.17 bits per heavy atom. The first kappa shape index (κ1) is 19.6. The van der Waals surface area contributed by atoms with Gasteiger partial charge in [0, 0.05) is 19.1 Å². The maximum atomic E-state index is 12.4. The monoisotopic (exact) mass is 348 g/mol. The third kappa shape index (κ3) is 5.32. The van der Waals surface area contributed by atoms with E-state index in [-0.39, 0.29) is 41.9 Å². The lowest BCUT2D eigenvalue weighted by molar-refractivity contribution is -0.133. The number of rotatable bonds is 4. The van der Waals surface area contributed by atoms with E-state index < -0.39 is 6.61 Å². The van der Waals surface area contributed by atoms with Crippen molar-refractivity contribution in [1.82, 2.24) is 4.90 Å². The van der Waals surface area contributed by atoms with Crippen molar-refractivity contribution in [2.75, 3.05) is 13.1 Å². The van der Waals surface area contributed by atoms with E-state index in [0.29, 0.717) is 18.7 Å². The van der Waals surface area contributed by atoms with E-state index in [1.54, 1.807) is 17.0 Å². The van der Waals surface area contributed by atoms with Crippen molar-refractivity contribution in [2.24, 2.45) is 11.1 Å². The molecule has 0 spiro atoms. The Balaban J connectivity index is 0.00000264. The number of nitrogens with zero attached hydrogens (tertiary/aromatic N) is 1. The SMILES string of the molecule is CC1(C)CN(C(=O)Cc2cccc(OC(F)F)c2)CCC1N.Cl. The predicted octanol–water partition coefficient (Wildman–Crippen LogP) is 2.84. The number of carbonyl (C=O) groups excluding carboxylic acids is 1. The molecule has 4 nitrogen and oxygen atoms in total. The summed E-state index contributed by atoms with van der Waals surface area (Å²) in [6.07, 6.45) is 0.943. The van der Waals surface area contributed by atoms with Gasteiger partial charge in [0.1, 0.15) is 5.75 Å². The summed E-state index contributed by atoms with van der Waals surface area (Å²) >= 11 is 0. The highest BCUT2D eigenvalue weighted by Gasteiger charge is 2.35. The van der Waals surface area contributed by atoms with Crippen LogP contribution in [0.1, 0.15) is 25.8 Å². The van der Waals surface area contributed by atoms with Gasteiger partial charge in [-0.05, 0) is 29.5 Å². The molecular formula is C16H23ClF2N2O2. The van der Waals surface area contributed by atoms with E-state index in [4.69, 9.17) is 5.73 Å². The number of alkyl halides is 2. The van der Waals surface area contributed by atoms with Crippen LogP contribution >= 0.6 is 12.4 Å². The number of amides is 1. The number of benzene rings is 1. The molecule has 23 heavy (non-hydrogen) atoms. The fourth-order valence-electron chi connectivity index (χ4n) is 2.70. The Kier molecular flexibility index (Phi) is 6.77. The molecule has 1 heterocycles. The van der Waals surface area contributed by atoms with E-state index in [2.05, 4.69) is 4.74 Å². The first-order chi connectivity index (χ1) is 10.3. The van der Waals surface area contributed by atoms with Crippen LogP contribution in [0.15, 0.2) is 24.3 Å². The first-order valence-corrected chi connectivity index (χ1v) is 7.35. The van der Waals surface area contributed by atoms with Crippen LogP contribution in [0, 0.1) is 5.41 Å². The van der Waals surface area contributed by atoms with E-state index in [9.17, 15) is 13.6 Å². The summed E-state index contributed by atoms with van der Waals surface area (Å²) in [7, 11) is 0. The van der Waals surface area contributed by atoms with Gasteiger partial charge >= 0.3 is 6.61 Å². The van der Waals surface area contributed by atoms with Gasteiger partial charge in [0.05, 0.1) is 6.42 Å². The Hall–Kier alpha value is -1.40. The highest BCUT2D eigenvalue weighted by atomic mass is 35.5. The maximum Gasteiger partial charge on any atom is 0.387 e. The van der Waals surface area contributed by atoms with Crippen LogP contribution in [0.25, 0.3) is 0 Å². The van der Waals surface area contributed by atoms with Crippen LogP contribution in [-0.4, -0.2) is 36.5 Å². The second kappa shape index (κ2) is 7.93. The molecule has 0 aliphatic carbocycles. The third-order valence-corrected chi connectivity index (χ3v) is 4.14. The Morgan fingerprint density at radius 3 is 2.78 bits per heavy atom. The van der Waals surface area contributed by atoms with Crippen molar-refractivity contribution >= 4 is 18.3 Å². The van der Waals surface area contributed by atoms with Gasteiger partial charge in [-0.3, -0.25) is 4.79 Å². The average molecular weight is 349 g/mol. The molecule has 1 atom stereocenters.